The normalized spacial score (nSPS) is 14.8. The molecule has 0 aliphatic heterocycles. The first-order valence-corrected chi connectivity index (χ1v) is 14.9. The van der Waals surface area contributed by atoms with E-state index in [-0.39, 0.29) is 0 Å². The van der Waals surface area contributed by atoms with Crippen molar-refractivity contribution in [2.75, 3.05) is 0 Å². The second-order valence-electron chi connectivity index (χ2n) is 6.20. The molecule has 2 nitrogen and oxygen atoms in total. The number of hydrogen-bond acceptors (Lipinski definition) is 2. The predicted octanol–water partition coefficient (Wildman–Crippen LogP) is 6.50. The number of aliphatic imine (C=N–C) groups is 1. The van der Waals surface area contributed by atoms with Crippen LogP contribution < -0.4 is 0 Å². The Balaban J connectivity index is 0.000000701. The molecule has 3 rings (SSSR count). The van der Waals surface area contributed by atoms with Crippen LogP contribution in [0.2, 0.25) is 0 Å². The van der Waals surface area contributed by atoms with Crippen LogP contribution in [0.3, 0.4) is 0 Å². The average Bonchev–Trinajstić information content (AvgIpc) is 2.64. The van der Waals surface area contributed by atoms with Gasteiger partial charge >= 0.3 is 37.9 Å². The van der Waals surface area contributed by atoms with Gasteiger partial charge in [0, 0.05) is 23.4 Å². The number of rotatable bonds is 3. The van der Waals surface area contributed by atoms with Crippen molar-refractivity contribution in [1.29, 1.82) is 0 Å². The first-order chi connectivity index (χ1) is 12.2. The fourth-order valence-corrected chi connectivity index (χ4v) is 3.13. The molecule has 2 aromatic carbocycles. The van der Waals surface area contributed by atoms with E-state index in [0.717, 1.165) is 22.3 Å². The van der Waals surface area contributed by atoms with Gasteiger partial charge in [-0.05, 0) is 30.9 Å². The van der Waals surface area contributed by atoms with Crippen LogP contribution in [0, 0.1) is 6.92 Å². The molecule has 1 aliphatic carbocycles. The van der Waals surface area contributed by atoms with Gasteiger partial charge in [0.15, 0.2) is 0 Å². The summed E-state index contributed by atoms with van der Waals surface area (Å²) in [6.45, 7) is 2.02. The van der Waals surface area contributed by atoms with Crippen molar-refractivity contribution < 1.29 is 26.0 Å². The number of aromatic hydroxyl groups is 1. The number of aryl methyl sites for hydroxylation is 1. The molecule has 0 unspecified atom stereocenters. The van der Waals surface area contributed by atoms with Crippen molar-refractivity contribution in [2.45, 2.75) is 45.1 Å². The summed E-state index contributed by atoms with van der Waals surface area (Å²) in [7, 11) is 9.87. The summed E-state index contributed by atoms with van der Waals surface area (Å²) < 4.78 is 0. The molecular weight excluding hydrogens is 432 g/mol. The van der Waals surface area contributed by atoms with Gasteiger partial charge in [0.05, 0.1) is 0 Å². The van der Waals surface area contributed by atoms with Crippen molar-refractivity contribution in [1.82, 2.24) is 0 Å². The first kappa shape index (κ1) is 20.7. The average molecular weight is 456 g/mol. The molecule has 1 saturated carbocycles. The summed E-state index contributed by atoms with van der Waals surface area (Å²) in [5.41, 5.74) is 3.83. The van der Waals surface area contributed by atoms with Crippen LogP contribution in [-0.4, -0.2) is 17.4 Å². The maximum atomic E-state index is 10.7. The molecule has 25 heavy (non-hydrogen) atoms. The van der Waals surface area contributed by atoms with E-state index in [1.807, 2.05) is 49.5 Å². The summed E-state index contributed by atoms with van der Waals surface area (Å²) >= 11 is -0.826. The van der Waals surface area contributed by atoms with Gasteiger partial charge in [0.1, 0.15) is 5.75 Å². The zero-order chi connectivity index (χ0) is 18.1. The van der Waals surface area contributed by atoms with Gasteiger partial charge in [0.25, 0.3) is 0 Å². The number of hydrogen-bond donors (Lipinski definition) is 1. The zero-order valence-corrected chi connectivity index (χ0v) is 18.4. The Morgan fingerprint density at radius 2 is 1.68 bits per heavy atom. The van der Waals surface area contributed by atoms with Crippen molar-refractivity contribution in [3.05, 3.63) is 53.6 Å². The topological polar surface area (TPSA) is 32.6 Å². The number of nitrogens with zero attached hydrogens (tertiary/aromatic N) is 1. The summed E-state index contributed by atoms with van der Waals surface area (Å²) in [5, 5.41) is 10.7. The van der Waals surface area contributed by atoms with Gasteiger partial charge in [0.2, 0.25) is 0 Å². The fraction of sp³-hybridized carbons (Fsp3) is 0.350. The standard InChI is InChI=1S/C20H23NO.2ClH.Zr/c1-15-12-13-18(16-8-4-2-5-9-16)20(22)19(15)14-21-17-10-6-3-7-11-17;;;/h2,4-5,8-9,12-14,17,22H,3,6-7,10-11H2,1H3;2*1H;/q;;;+2/p-2. The molecule has 2 aromatic rings. The monoisotopic (exact) mass is 453 g/mol. The molecule has 0 amide bonds. The van der Waals surface area contributed by atoms with Crippen molar-refractivity contribution in [3.8, 4) is 16.9 Å². The van der Waals surface area contributed by atoms with E-state index in [0.29, 0.717) is 11.8 Å². The molecule has 1 fully saturated rings. The molecule has 0 saturated heterocycles. The third kappa shape index (κ3) is 6.24. The van der Waals surface area contributed by atoms with Crippen molar-refractivity contribution in [2.24, 2.45) is 4.99 Å². The zero-order valence-electron chi connectivity index (χ0n) is 14.4. The quantitative estimate of drug-likeness (QED) is 0.527. The summed E-state index contributed by atoms with van der Waals surface area (Å²) in [6.07, 6.45) is 8.12. The van der Waals surface area contributed by atoms with Gasteiger partial charge in [-0.3, -0.25) is 4.99 Å². The van der Waals surface area contributed by atoms with Crippen molar-refractivity contribution >= 4 is 23.2 Å². The predicted molar refractivity (Wildman–Crippen MR) is 104 cm³/mol. The Kier molecular flexibility index (Phi) is 9.24. The first-order valence-electron chi connectivity index (χ1n) is 8.54. The minimum absolute atomic E-state index is 0.339. The van der Waals surface area contributed by atoms with E-state index in [4.69, 9.17) is 22.0 Å². The van der Waals surface area contributed by atoms with E-state index >= 15 is 0 Å². The van der Waals surface area contributed by atoms with Crippen LogP contribution in [0.25, 0.3) is 11.1 Å². The van der Waals surface area contributed by atoms with Gasteiger partial charge in [-0.15, -0.1) is 0 Å². The van der Waals surface area contributed by atoms with Gasteiger partial charge in [-0.25, -0.2) is 0 Å². The van der Waals surface area contributed by atoms with Crippen LogP contribution >= 0.6 is 17.0 Å². The van der Waals surface area contributed by atoms with E-state index in [9.17, 15) is 5.11 Å². The summed E-state index contributed by atoms with van der Waals surface area (Å²) in [5.74, 6) is 0.339. The number of phenolic OH excluding ortho intramolecular Hbond substituents is 1. The molecule has 0 spiro atoms. The van der Waals surface area contributed by atoms with Crippen molar-refractivity contribution in [3.63, 3.8) is 0 Å². The molecule has 1 N–H and O–H groups in total. The molecule has 0 bridgehead atoms. The van der Waals surface area contributed by atoms with Crippen LogP contribution in [0.1, 0.15) is 43.2 Å². The van der Waals surface area contributed by atoms with Gasteiger partial charge in [-0.2, -0.15) is 0 Å². The van der Waals surface area contributed by atoms with E-state index in [1.54, 1.807) is 0 Å². The second-order valence-corrected chi connectivity index (χ2v) is 9.93. The van der Waals surface area contributed by atoms with Gasteiger partial charge in [-0.1, -0.05) is 61.7 Å². The molecule has 5 heteroatoms. The Hall–Kier alpha value is -0.627. The molecule has 0 atom stereocenters. The van der Waals surface area contributed by atoms with Crippen LogP contribution in [0.15, 0.2) is 47.5 Å². The number of halogens is 2. The fourth-order valence-electron chi connectivity index (χ4n) is 3.13. The second kappa shape index (κ2) is 11.2. The molecule has 1 aliphatic rings. The summed E-state index contributed by atoms with van der Waals surface area (Å²) in [4.78, 5) is 4.72. The minimum atomic E-state index is -0.826. The van der Waals surface area contributed by atoms with E-state index < -0.39 is 20.8 Å². The Morgan fingerprint density at radius 1 is 1.04 bits per heavy atom. The number of phenols is 1. The molecule has 0 radical (unpaired) electrons. The SMILES string of the molecule is Cc1ccc(-c2ccccc2)c(O)c1C=NC1CCCCC1.[Cl][Zr][Cl]. The number of benzene rings is 2. The molecule has 0 aromatic heterocycles. The van der Waals surface area contributed by atoms with E-state index in [2.05, 4.69) is 6.07 Å². The van der Waals surface area contributed by atoms with Crippen LogP contribution in [-0.2, 0) is 20.8 Å². The maximum absolute atomic E-state index is 10.7. The molecule has 0 heterocycles. The van der Waals surface area contributed by atoms with Crippen LogP contribution in [0.5, 0.6) is 5.75 Å². The Morgan fingerprint density at radius 3 is 2.32 bits per heavy atom. The Labute approximate surface area is 169 Å². The third-order valence-corrected chi connectivity index (χ3v) is 4.51. The summed E-state index contributed by atoms with van der Waals surface area (Å²) in [6, 6.07) is 14.5. The van der Waals surface area contributed by atoms with Gasteiger partial charge < -0.3 is 5.11 Å². The van der Waals surface area contributed by atoms with E-state index in [1.165, 1.54) is 32.1 Å². The van der Waals surface area contributed by atoms with Crippen LogP contribution in [0.4, 0.5) is 0 Å². The molecular formula is C20H23Cl2NOZr. The Bertz CT molecular complexity index is 686. The molecule has 132 valence electrons. The third-order valence-electron chi connectivity index (χ3n) is 4.51.